The molecule has 0 saturated heterocycles. The maximum absolute atomic E-state index is 11.8. The third-order valence-corrected chi connectivity index (χ3v) is 2.80. The second kappa shape index (κ2) is 6.24. The molecule has 0 bridgehead atoms. The van der Waals surface area contributed by atoms with Crippen molar-refractivity contribution in [2.75, 3.05) is 12.4 Å². The van der Waals surface area contributed by atoms with Crippen molar-refractivity contribution < 1.29 is 9.53 Å². The molecule has 0 fully saturated rings. The Morgan fingerprint density at radius 3 is 3.05 bits per heavy atom. The van der Waals surface area contributed by atoms with Crippen LogP contribution in [0.25, 0.3) is 0 Å². The van der Waals surface area contributed by atoms with Crippen molar-refractivity contribution in [2.45, 2.75) is 13.0 Å². The minimum absolute atomic E-state index is 0.115. The zero-order valence-electron chi connectivity index (χ0n) is 10.5. The van der Waals surface area contributed by atoms with Gasteiger partial charge in [0.1, 0.15) is 5.75 Å². The summed E-state index contributed by atoms with van der Waals surface area (Å²) in [5.41, 5.74) is 0.570. The predicted octanol–water partition coefficient (Wildman–Crippen LogP) is 2.57. The highest BCUT2D eigenvalue weighted by molar-refractivity contribution is 6.31. The molecule has 0 saturated carbocycles. The van der Waals surface area contributed by atoms with Crippen LogP contribution in [-0.2, 0) is 11.3 Å². The number of nitrogens with zero attached hydrogens (tertiary/aromatic N) is 2. The van der Waals surface area contributed by atoms with E-state index in [1.165, 1.54) is 0 Å². The number of ether oxygens (including phenoxy) is 1. The standard InChI is InChI=1S/C13H14ClN3O2/c1-19-12-4-3-10(14)9-11(12)16-13(18)5-8-17-7-2-6-15-17/h2-4,6-7,9H,5,8H2,1H3,(H,16,18). The van der Waals surface area contributed by atoms with Gasteiger partial charge in [-0.15, -0.1) is 0 Å². The Morgan fingerprint density at radius 2 is 2.37 bits per heavy atom. The van der Waals surface area contributed by atoms with E-state index in [9.17, 15) is 4.79 Å². The topological polar surface area (TPSA) is 56.1 Å². The Hall–Kier alpha value is -2.01. The van der Waals surface area contributed by atoms with Crippen LogP contribution in [0.1, 0.15) is 6.42 Å². The van der Waals surface area contributed by atoms with E-state index in [2.05, 4.69) is 10.4 Å². The van der Waals surface area contributed by atoms with Gasteiger partial charge < -0.3 is 10.1 Å². The van der Waals surface area contributed by atoms with Gasteiger partial charge in [0.05, 0.1) is 12.8 Å². The molecular weight excluding hydrogens is 266 g/mol. The van der Waals surface area contributed by atoms with E-state index in [1.54, 1.807) is 36.2 Å². The van der Waals surface area contributed by atoms with E-state index in [0.29, 0.717) is 29.4 Å². The molecule has 1 amide bonds. The Labute approximate surface area is 116 Å². The van der Waals surface area contributed by atoms with Crippen molar-refractivity contribution in [2.24, 2.45) is 0 Å². The van der Waals surface area contributed by atoms with E-state index >= 15 is 0 Å². The Morgan fingerprint density at radius 1 is 1.53 bits per heavy atom. The second-order valence-electron chi connectivity index (χ2n) is 3.91. The van der Waals surface area contributed by atoms with Crippen molar-refractivity contribution >= 4 is 23.2 Å². The van der Waals surface area contributed by atoms with Crippen molar-refractivity contribution in [3.05, 3.63) is 41.7 Å². The summed E-state index contributed by atoms with van der Waals surface area (Å²) in [6.45, 7) is 0.529. The third-order valence-electron chi connectivity index (χ3n) is 2.56. The Kier molecular flexibility index (Phi) is 4.41. The number of hydrogen-bond acceptors (Lipinski definition) is 3. The first-order valence-corrected chi connectivity index (χ1v) is 6.17. The molecular formula is C13H14ClN3O2. The number of amides is 1. The van der Waals surface area contributed by atoms with Gasteiger partial charge in [0, 0.05) is 30.4 Å². The number of aryl methyl sites for hydroxylation is 1. The van der Waals surface area contributed by atoms with Gasteiger partial charge in [0.25, 0.3) is 0 Å². The zero-order chi connectivity index (χ0) is 13.7. The summed E-state index contributed by atoms with van der Waals surface area (Å²) in [5.74, 6) is 0.466. The van der Waals surface area contributed by atoms with Crippen LogP contribution < -0.4 is 10.1 Å². The van der Waals surface area contributed by atoms with Gasteiger partial charge in [-0.3, -0.25) is 9.48 Å². The molecule has 2 aromatic rings. The highest BCUT2D eigenvalue weighted by Crippen LogP contribution is 2.27. The molecule has 0 atom stereocenters. The molecule has 0 aliphatic carbocycles. The van der Waals surface area contributed by atoms with Crippen LogP contribution in [0.2, 0.25) is 5.02 Å². The molecule has 2 rings (SSSR count). The second-order valence-corrected chi connectivity index (χ2v) is 4.35. The van der Waals surface area contributed by atoms with Crippen LogP contribution in [0.5, 0.6) is 5.75 Å². The molecule has 6 heteroatoms. The molecule has 0 spiro atoms. The van der Waals surface area contributed by atoms with Crippen LogP contribution in [0.4, 0.5) is 5.69 Å². The van der Waals surface area contributed by atoms with E-state index in [4.69, 9.17) is 16.3 Å². The van der Waals surface area contributed by atoms with Gasteiger partial charge in [-0.2, -0.15) is 5.10 Å². The highest BCUT2D eigenvalue weighted by atomic mass is 35.5. The van der Waals surface area contributed by atoms with Gasteiger partial charge >= 0.3 is 0 Å². The Balaban J connectivity index is 1.96. The van der Waals surface area contributed by atoms with Gasteiger partial charge in [-0.1, -0.05) is 11.6 Å². The normalized spacial score (nSPS) is 10.2. The Bertz CT molecular complexity index is 555. The van der Waals surface area contributed by atoms with E-state index in [0.717, 1.165) is 0 Å². The number of carbonyl (C=O) groups excluding carboxylic acids is 1. The lowest BCUT2D eigenvalue weighted by Crippen LogP contribution is -2.15. The fourth-order valence-electron chi connectivity index (χ4n) is 1.64. The average molecular weight is 280 g/mol. The first-order valence-electron chi connectivity index (χ1n) is 5.80. The van der Waals surface area contributed by atoms with Crippen molar-refractivity contribution in [3.8, 4) is 5.75 Å². The summed E-state index contributed by atoms with van der Waals surface area (Å²) < 4.78 is 6.86. The highest BCUT2D eigenvalue weighted by Gasteiger charge is 2.08. The number of carbonyl (C=O) groups is 1. The molecule has 19 heavy (non-hydrogen) atoms. The van der Waals surface area contributed by atoms with Gasteiger partial charge in [-0.25, -0.2) is 0 Å². The molecule has 1 aromatic carbocycles. The smallest absolute Gasteiger partial charge is 0.226 e. The summed E-state index contributed by atoms with van der Waals surface area (Å²) in [6.07, 6.45) is 3.82. The lowest BCUT2D eigenvalue weighted by molar-refractivity contribution is -0.116. The van der Waals surface area contributed by atoms with Crippen LogP contribution in [-0.4, -0.2) is 22.8 Å². The lowest BCUT2D eigenvalue weighted by atomic mass is 10.2. The molecule has 0 radical (unpaired) electrons. The lowest BCUT2D eigenvalue weighted by Gasteiger charge is -2.10. The SMILES string of the molecule is COc1ccc(Cl)cc1NC(=O)CCn1cccn1. The number of halogens is 1. The number of hydrogen-bond donors (Lipinski definition) is 1. The molecule has 0 unspecified atom stereocenters. The van der Waals surface area contributed by atoms with Gasteiger partial charge in [0.2, 0.25) is 5.91 Å². The number of methoxy groups -OCH3 is 1. The largest absolute Gasteiger partial charge is 0.495 e. The van der Waals surface area contributed by atoms with Crippen molar-refractivity contribution in [1.82, 2.24) is 9.78 Å². The summed E-state index contributed by atoms with van der Waals surface area (Å²) >= 11 is 5.89. The number of rotatable bonds is 5. The first-order chi connectivity index (χ1) is 9.19. The minimum atomic E-state index is -0.115. The fourth-order valence-corrected chi connectivity index (χ4v) is 1.81. The van der Waals surface area contributed by atoms with E-state index in [-0.39, 0.29) is 5.91 Å². The van der Waals surface area contributed by atoms with Crippen LogP contribution in [0.15, 0.2) is 36.7 Å². The summed E-state index contributed by atoms with van der Waals surface area (Å²) in [6, 6.07) is 6.90. The maximum Gasteiger partial charge on any atom is 0.226 e. The average Bonchev–Trinajstić information content (AvgIpc) is 2.90. The molecule has 100 valence electrons. The fraction of sp³-hybridized carbons (Fsp3) is 0.231. The summed E-state index contributed by atoms with van der Waals surface area (Å²) in [4.78, 5) is 11.8. The van der Waals surface area contributed by atoms with E-state index < -0.39 is 0 Å². The maximum atomic E-state index is 11.8. The first kappa shape index (κ1) is 13.4. The summed E-state index contributed by atoms with van der Waals surface area (Å²) in [7, 11) is 1.54. The molecule has 1 heterocycles. The monoisotopic (exact) mass is 279 g/mol. The van der Waals surface area contributed by atoms with Gasteiger partial charge in [-0.05, 0) is 24.3 Å². The quantitative estimate of drug-likeness (QED) is 0.915. The zero-order valence-corrected chi connectivity index (χ0v) is 11.2. The molecule has 1 N–H and O–H groups in total. The number of nitrogens with one attached hydrogen (secondary N) is 1. The molecule has 0 aliphatic heterocycles. The van der Waals surface area contributed by atoms with Crippen LogP contribution >= 0.6 is 11.6 Å². The number of anilines is 1. The molecule has 1 aromatic heterocycles. The number of aromatic nitrogens is 2. The minimum Gasteiger partial charge on any atom is -0.495 e. The van der Waals surface area contributed by atoms with Gasteiger partial charge in [0.15, 0.2) is 0 Å². The number of benzene rings is 1. The molecule has 0 aliphatic rings. The van der Waals surface area contributed by atoms with Crippen molar-refractivity contribution in [1.29, 1.82) is 0 Å². The summed E-state index contributed by atoms with van der Waals surface area (Å²) in [5, 5.41) is 7.35. The molecule has 5 nitrogen and oxygen atoms in total. The van der Waals surface area contributed by atoms with Crippen LogP contribution in [0, 0.1) is 0 Å². The van der Waals surface area contributed by atoms with Crippen LogP contribution in [0.3, 0.4) is 0 Å². The van der Waals surface area contributed by atoms with Crippen molar-refractivity contribution in [3.63, 3.8) is 0 Å². The van der Waals surface area contributed by atoms with E-state index in [1.807, 2.05) is 12.3 Å². The third kappa shape index (κ3) is 3.72. The predicted molar refractivity (Wildman–Crippen MR) is 73.5 cm³/mol.